The SMILES string of the molecule is CN=C(NCCC(C)C)NCC(C)Cn1cccn1. The fourth-order valence-electron chi connectivity index (χ4n) is 1.76. The van der Waals surface area contributed by atoms with Crippen LogP contribution in [0.1, 0.15) is 27.2 Å². The van der Waals surface area contributed by atoms with Gasteiger partial charge < -0.3 is 10.6 Å². The summed E-state index contributed by atoms with van der Waals surface area (Å²) in [6.07, 6.45) is 4.96. The molecule has 1 atom stereocenters. The molecule has 5 nitrogen and oxygen atoms in total. The van der Waals surface area contributed by atoms with Crippen LogP contribution < -0.4 is 10.6 Å². The predicted octanol–water partition coefficient (Wildman–Crippen LogP) is 1.73. The zero-order valence-electron chi connectivity index (χ0n) is 12.6. The van der Waals surface area contributed by atoms with E-state index in [1.165, 1.54) is 0 Å². The van der Waals surface area contributed by atoms with Crippen LogP contribution in [0.3, 0.4) is 0 Å². The highest BCUT2D eigenvalue weighted by molar-refractivity contribution is 5.79. The summed E-state index contributed by atoms with van der Waals surface area (Å²) in [5.41, 5.74) is 0. The van der Waals surface area contributed by atoms with Crippen molar-refractivity contribution < 1.29 is 0 Å². The summed E-state index contributed by atoms with van der Waals surface area (Å²) in [4.78, 5) is 4.23. The van der Waals surface area contributed by atoms with Gasteiger partial charge in [-0.1, -0.05) is 20.8 Å². The number of nitrogens with one attached hydrogen (secondary N) is 2. The van der Waals surface area contributed by atoms with Gasteiger partial charge in [-0.25, -0.2) is 0 Å². The van der Waals surface area contributed by atoms with Gasteiger partial charge in [0.2, 0.25) is 0 Å². The maximum Gasteiger partial charge on any atom is 0.190 e. The van der Waals surface area contributed by atoms with E-state index < -0.39 is 0 Å². The molecule has 108 valence electrons. The molecule has 1 rings (SSSR count). The van der Waals surface area contributed by atoms with Crippen LogP contribution in [-0.2, 0) is 6.54 Å². The fourth-order valence-corrected chi connectivity index (χ4v) is 1.76. The van der Waals surface area contributed by atoms with Gasteiger partial charge in [0.1, 0.15) is 0 Å². The summed E-state index contributed by atoms with van der Waals surface area (Å²) in [7, 11) is 1.81. The number of nitrogens with zero attached hydrogens (tertiary/aromatic N) is 3. The molecule has 0 fully saturated rings. The van der Waals surface area contributed by atoms with E-state index in [1.807, 2.05) is 30.2 Å². The number of aliphatic imine (C=N–C) groups is 1. The first-order valence-electron chi connectivity index (χ1n) is 7.03. The smallest absolute Gasteiger partial charge is 0.190 e. The van der Waals surface area contributed by atoms with Crippen LogP contribution >= 0.6 is 0 Å². The Bertz CT molecular complexity index is 356. The van der Waals surface area contributed by atoms with Gasteiger partial charge in [0.15, 0.2) is 5.96 Å². The van der Waals surface area contributed by atoms with Crippen molar-refractivity contribution in [2.75, 3.05) is 20.1 Å². The van der Waals surface area contributed by atoms with Crippen LogP contribution in [0.2, 0.25) is 0 Å². The molecule has 0 saturated carbocycles. The highest BCUT2D eigenvalue weighted by Gasteiger charge is 2.05. The predicted molar refractivity (Wildman–Crippen MR) is 80.2 cm³/mol. The maximum absolute atomic E-state index is 4.23. The summed E-state index contributed by atoms with van der Waals surface area (Å²) in [5.74, 6) is 2.10. The molecule has 0 radical (unpaired) electrons. The van der Waals surface area contributed by atoms with Gasteiger partial charge in [-0.15, -0.1) is 0 Å². The van der Waals surface area contributed by atoms with Crippen LogP contribution in [0.15, 0.2) is 23.5 Å². The normalized spacial score (nSPS) is 13.6. The first-order valence-corrected chi connectivity index (χ1v) is 7.03. The van der Waals surface area contributed by atoms with Crippen molar-refractivity contribution in [3.05, 3.63) is 18.5 Å². The minimum atomic E-state index is 0.503. The van der Waals surface area contributed by atoms with E-state index >= 15 is 0 Å². The highest BCUT2D eigenvalue weighted by Crippen LogP contribution is 1.98. The van der Waals surface area contributed by atoms with Gasteiger partial charge in [0, 0.05) is 39.1 Å². The lowest BCUT2D eigenvalue weighted by Gasteiger charge is -2.16. The van der Waals surface area contributed by atoms with Crippen molar-refractivity contribution in [3.63, 3.8) is 0 Å². The second-order valence-corrected chi connectivity index (χ2v) is 5.40. The van der Waals surface area contributed by atoms with Crippen LogP contribution in [0.25, 0.3) is 0 Å². The summed E-state index contributed by atoms with van der Waals surface area (Å²) in [6, 6.07) is 1.95. The van der Waals surface area contributed by atoms with Crippen molar-refractivity contribution in [1.29, 1.82) is 0 Å². The Morgan fingerprint density at radius 3 is 2.68 bits per heavy atom. The lowest BCUT2D eigenvalue weighted by molar-refractivity contribution is 0.443. The number of aromatic nitrogens is 2. The quantitative estimate of drug-likeness (QED) is 0.583. The van der Waals surface area contributed by atoms with E-state index in [4.69, 9.17) is 0 Å². The van der Waals surface area contributed by atoms with E-state index in [0.717, 1.165) is 32.0 Å². The topological polar surface area (TPSA) is 54.2 Å². The van der Waals surface area contributed by atoms with E-state index in [2.05, 4.69) is 41.5 Å². The Labute approximate surface area is 116 Å². The van der Waals surface area contributed by atoms with Gasteiger partial charge >= 0.3 is 0 Å². The second kappa shape index (κ2) is 8.56. The average Bonchev–Trinajstić information content (AvgIpc) is 2.85. The standard InChI is InChI=1S/C14H27N5/c1-12(2)6-8-16-14(15-4)17-10-13(3)11-19-9-5-7-18-19/h5,7,9,12-13H,6,8,10-11H2,1-4H3,(H2,15,16,17). The molecule has 19 heavy (non-hydrogen) atoms. The molecule has 2 N–H and O–H groups in total. The van der Waals surface area contributed by atoms with Crippen LogP contribution in [-0.4, -0.2) is 35.9 Å². The van der Waals surface area contributed by atoms with Crippen LogP contribution in [0.5, 0.6) is 0 Å². The number of hydrogen-bond donors (Lipinski definition) is 2. The number of guanidine groups is 1. The Hall–Kier alpha value is -1.52. The van der Waals surface area contributed by atoms with Gasteiger partial charge in [0.05, 0.1) is 0 Å². The molecule has 0 spiro atoms. The molecule has 0 aliphatic rings. The minimum Gasteiger partial charge on any atom is -0.356 e. The van der Waals surface area contributed by atoms with Crippen molar-refractivity contribution in [1.82, 2.24) is 20.4 Å². The Morgan fingerprint density at radius 1 is 1.32 bits per heavy atom. The third kappa shape index (κ3) is 6.84. The molecule has 1 aromatic rings. The van der Waals surface area contributed by atoms with Gasteiger partial charge in [-0.2, -0.15) is 5.10 Å². The molecule has 0 amide bonds. The molecule has 0 aromatic carbocycles. The lowest BCUT2D eigenvalue weighted by atomic mass is 10.1. The Balaban J connectivity index is 2.21. The summed E-state index contributed by atoms with van der Waals surface area (Å²) in [5, 5.41) is 10.9. The first kappa shape index (κ1) is 15.5. The fraction of sp³-hybridized carbons (Fsp3) is 0.714. The summed E-state index contributed by atoms with van der Waals surface area (Å²) < 4.78 is 1.96. The van der Waals surface area contributed by atoms with Crippen molar-refractivity contribution >= 4 is 5.96 Å². The summed E-state index contributed by atoms with van der Waals surface area (Å²) in [6.45, 7) is 9.43. The molecule has 1 heterocycles. The second-order valence-electron chi connectivity index (χ2n) is 5.40. The Kier molecular flexibility index (Phi) is 7.00. The molecule has 0 aliphatic carbocycles. The maximum atomic E-state index is 4.23. The van der Waals surface area contributed by atoms with Gasteiger partial charge in [-0.05, 0) is 24.3 Å². The zero-order valence-corrected chi connectivity index (χ0v) is 12.6. The third-order valence-electron chi connectivity index (χ3n) is 2.91. The van der Waals surface area contributed by atoms with E-state index in [0.29, 0.717) is 11.8 Å². The van der Waals surface area contributed by atoms with Crippen molar-refractivity contribution in [2.45, 2.75) is 33.7 Å². The van der Waals surface area contributed by atoms with Gasteiger partial charge in [0.25, 0.3) is 0 Å². The number of rotatable bonds is 7. The number of hydrogen-bond acceptors (Lipinski definition) is 2. The Morgan fingerprint density at radius 2 is 2.11 bits per heavy atom. The molecule has 0 aliphatic heterocycles. The van der Waals surface area contributed by atoms with E-state index in [9.17, 15) is 0 Å². The molecule has 1 unspecified atom stereocenters. The first-order chi connectivity index (χ1) is 9.11. The van der Waals surface area contributed by atoms with Crippen molar-refractivity contribution in [3.8, 4) is 0 Å². The molecule has 5 heteroatoms. The molecule has 0 saturated heterocycles. The molecule has 1 aromatic heterocycles. The largest absolute Gasteiger partial charge is 0.356 e. The average molecular weight is 265 g/mol. The highest BCUT2D eigenvalue weighted by atomic mass is 15.3. The van der Waals surface area contributed by atoms with E-state index in [-0.39, 0.29) is 0 Å². The van der Waals surface area contributed by atoms with Crippen molar-refractivity contribution in [2.24, 2.45) is 16.8 Å². The molecular formula is C14H27N5. The van der Waals surface area contributed by atoms with Crippen LogP contribution in [0.4, 0.5) is 0 Å². The van der Waals surface area contributed by atoms with Gasteiger partial charge in [-0.3, -0.25) is 9.67 Å². The zero-order chi connectivity index (χ0) is 14.1. The van der Waals surface area contributed by atoms with Crippen LogP contribution in [0, 0.1) is 11.8 Å². The molecular weight excluding hydrogens is 238 g/mol. The molecule has 0 bridgehead atoms. The minimum absolute atomic E-state index is 0.503. The monoisotopic (exact) mass is 265 g/mol. The van der Waals surface area contributed by atoms with E-state index in [1.54, 1.807) is 0 Å². The summed E-state index contributed by atoms with van der Waals surface area (Å²) >= 11 is 0. The lowest BCUT2D eigenvalue weighted by Crippen LogP contribution is -2.40. The third-order valence-corrected chi connectivity index (χ3v) is 2.91.